The van der Waals surface area contributed by atoms with Gasteiger partial charge in [0, 0.05) is 6.42 Å². The average Bonchev–Trinajstić information content (AvgIpc) is 2.49. The Bertz CT molecular complexity index is 439. The molecule has 0 aromatic carbocycles. The minimum absolute atomic E-state index is 0.103. The van der Waals surface area contributed by atoms with E-state index in [-0.39, 0.29) is 17.4 Å². The van der Waals surface area contributed by atoms with Crippen LogP contribution in [-0.4, -0.2) is 84.5 Å². The summed E-state index contributed by atoms with van der Waals surface area (Å²) in [5.74, 6) is -1.44. The summed E-state index contributed by atoms with van der Waals surface area (Å²) in [7, 11) is 0. The predicted molar refractivity (Wildman–Crippen MR) is 84.8 cm³/mol. The van der Waals surface area contributed by atoms with E-state index in [4.69, 9.17) is 32.5 Å². The van der Waals surface area contributed by atoms with Gasteiger partial charge in [-0.2, -0.15) is 0 Å². The highest BCUT2D eigenvalue weighted by atomic mass is 32.2. The van der Waals surface area contributed by atoms with Crippen LogP contribution in [0.3, 0.4) is 0 Å². The van der Waals surface area contributed by atoms with Gasteiger partial charge in [0.2, 0.25) is 9.32 Å². The van der Waals surface area contributed by atoms with Gasteiger partial charge in [-0.15, -0.1) is 0 Å². The number of rotatable bonds is 6. The molecule has 0 aromatic heterocycles. The molecule has 0 amide bonds. The summed E-state index contributed by atoms with van der Waals surface area (Å²) >= 11 is 5.47. The number of aliphatic hydroxyl groups is 4. The first-order valence-electron chi connectivity index (χ1n) is 6.86. The van der Waals surface area contributed by atoms with E-state index in [1.165, 1.54) is 0 Å². The fraction of sp³-hybridized carbons (Fsp3) is 0.833. The van der Waals surface area contributed by atoms with Crippen LogP contribution in [0.25, 0.3) is 0 Å². The molecule has 0 unspecified atom stereocenters. The maximum absolute atomic E-state index is 11.7. The van der Waals surface area contributed by atoms with Crippen molar-refractivity contribution in [1.82, 2.24) is 0 Å². The third-order valence-corrected chi connectivity index (χ3v) is 4.80. The first-order chi connectivity index (χ1) is 10.7. The minimum Gasteiger partial charge on any atom is -0.479 e. The molecular formula is C12H21NO8S2. The van der Waals surface area contributed by atoms with E-state index in [9.17, 15) is 25.2 Å². The maximum atomic E-state index is 11.7. The van der Waals surface area contributed by atoms with Crippen LogP contribution in [0.1, 0.15) is 13.3 Å². The van der Waals surface area contributed by atoms with Crippen LogP contribution >= 0.6 is 24.0 Å². The predicted octanol–water partition coefficient (Wildman–Crippen LogP) is -1.99. The molecule has 1 heterocycles. The smallest absolute Gasteiger partial charge is 0.347 e. The number of carboxylic acid groups (broad SMARTS) is 1. The number of carboxylic acids is 1. The Morgan fingerprint density at radius 3 is 2.65 bits per heavy atom. The topological polar surface area (TPSA) is 163 Å². The number of hydrogen-bond donors (Lipinski definition) is 6. The Hall–Kier alpha value is -0.530. The van der Waals surface area contributed by atoms with Crippen LogP contribution in [0, 0.1) is 0 Å². The third kappa shape index (κ3) is 4.73. The summed E-state index contributed by atoms with van der Waals surface area (Å²) in [5.41, 5.74) is 5.73. The summed E-state index contributed by atoms with van der Waals surface area (Å²) in [5, 5.41) is 48.0. The van der Waals surface area contributed by atoms with Crippen LogP contribution < -0.4 is 5.73 Å². The molecule has 11 heteroatoms. The van der Waals surface area contributed by atoms with E-state index in [1.54, 1.807) is 6.92 Å². The Labute approximate surface area is 142 Å². The van der Waals surface area contributed by atoms with Gasteiger partial charge >= 0.3 is 5.97 Å². The van der Waals surface area contributed by atoms with Gasteiger partial charge in [0.25, 0.3) is 0 Å². The number of thiocarbonyl (C=S) groups is 1. The number of carbonyl (C=O) groups is 1. The fourth-order valence-corrected chi connectivity index (χ4v) is 3.60. The number of hydrogen-bond acceptors (Lipinski definition) is 10. The molecular weight excluding hydrogens is 350 g/mol. The largest absolute Gasteiger partial charge is 0.479 e. The molecule has 1 rings (SSSR count). The van der Waals surface area contributed by atoms with Gasteiger partial charge in [0.1, 0.15) is 18.3 Å². The van der Waals surface area contributed by atoms with E-state index < -0.39 is 48.0 Å². The molecule has 1 aliphatic rings. The Kier molecular flexibility index (Phi) is 7.61. The Balaban J connectivity index is 3.07. The molecule has 0 saturated carbocycles. The van der Waals surface area contributed by atoms with Crippen molar-refractivity contribution in [2.24, 2.45) is 5.73 Å². The molecule has 9 nitrogen and oxygen atoms in total. The number of thioether (sulfide) groups is 1. The van der Waals surface area contributed by atoms with E-state index in [0.29, 0.717) is 11.8 Å². The Morgan fingerprint density at radius 1 is 1.57 bits per heavy atom. The van der Waals surface area contributed by atoms with Gasteiger partial charge in [-0.1, -0.05) is 0 Å². The third-order valence-electron chi connectivity index (χ3n) is 3.38. The van der Waals surface area contributed by atoms with E-state index in [0.717, 1.165) is 0 Å². The number of aliphatic carboxylic acids is 1. The van der Waals surface area contributed by atoms with Crippen molar-refractivity contribution >= 4 is 34.3 Å². The lowest BCUT2D eigenvalue weighted by atomic mass is 9.90. The van der Waals surface area contributed by atoms with Crippen molar-refractivity contribution < 1.29 is 39.8 Å². The second-order valence-electron chi connectivity index (χ2n) is 5.01. The zero-order chi connectivity index (χ0) is 17.8. The van der Waals surface area contributed by atoms with Crippen LogP contribution in [0.5, 0.6) is 0 Å². The molecule has 134 valence electrons. The van der Waals surface area contributed by atoms with Crippen molar-refractivity contribution in [3.8, 4) is 0 Å². The van der Waals surface area contributed by atoms with Crippen LogP contribution in [0.2, 0.25) is 0 Å². The van der Waals surface area contributed by atoms with Crippen LogP contribution in [-0.2, 0) is 14.3 Å². The summed E-state index contributed by atoms with van der Waals surface area (Å²) in [4.78, 5) is 9.64. The molecule has 0 spiro atoms. The van der Waals surface area contributed by atoms with E-state index in [2.05, 4.69) is 0 Å². The Morgan fingerprint density at radius 2 is 2.17 bits per heavy atom. The van der Waals surface area contributed by atoms with Crippen LogP contribution in [0.4, 0.5) is 0 Å². The fourth-order valence-electron chi connectivity index (χ4n) is 2.13. The van der Waals surface area contributed by atoms with Crippen molar-refractivity contribution in [2.75, 3.05) is 13.2 Å². The van der Waals surface area contributed by atoms with Crippen molar-refractivity contribution in [3.63, 3.8) is 0 Å². The standard InChI is InChI=1S/C12H21NO8S2/c1-2-20-11(22)23-12(10(18)19)3-5(15)7(13)9(21-12)8(17)6(16)4-14/h5-9,14-17H,2-4,13H2,1H3,(H,18,19)/t5-,6+,7+,8+,9+,12-/m0/s1. The molecule has 23 heavy (non-hydrogen) atoms. The highest BCUT2D eigenvalue weighted by molar-refractivity contribution is 8.23. The highest BCUT2D eigenvalue weighted by Crippen LogP contribution is 2.40. The zero-order valence-electron chi connectivity index (χ0n) is 12.4. The lowest BCUT2D eigenvalue weighted by molar-refractivity contribution is -0.201. The van der Waals surface area contributed by atoms with E-state index in [1.807, 2.05) is 0 Å². The second-order valence-corrected chi connectivity index (χ2v) is 6.88. The summed E-state index contributed by atoms with van der Waals surface area (Å²) in [6.07, 6.45) is -6.44. The molecule has 1 fully saturated rings. The normalized spacial score (nSPS) is 33.7. The van der Waals surface area contributed by atoms with Gasteiger partial charge in [-0.25, -0.2) is 4.79 Å². The summed E-state index contributed by atoms with van der Waals surface area (Å²) < 4.78 is 10.3. The minimum atomic E-state index is -2.03. The van der Waals surface area contributed by atoms with Gasteiger partial charge in [-0.05, 0) is 30.9 Å². The maximum Gasteiger partial charge on any atom is 0.347 e. The van der Waals surface area contributed by atoms with Crippen molar-refractivity contribution in [1.29, 1.82) is 0 Å². The molecule has 1 aliphatic heterocycles. The molecule has 0 bridgehead atoms. The van der Waals surface area contributed by atoms with E-state index >= 15 is 0 Å². The number of aliphatic hydroxyl groups excluding tert-OH is 4. The molecule has 7 N–H and O–H groups in total. The molecule has 1 saturated heterocycles. The average molecular weight is 371 g/mol. The molecule has 0 aliphatic carbocycles. The van der Waals surface area contributed by atoms with Crippen molar-refractivity contribution in [3.05, 3.63) is 0 Å². The highest BCUT2D eigenvalue weighted by Gasteiger charge is 2.54. The van der Waals surface area contributed by atoms with Gasteiger partial charge in [-0.3, -0.25) is 0 Å². The lowest BCUT2D eigenvalue weighted by Gasteiger charge is -2.45. The summed E-state index contributed by atoms with van der Waals surface area (Å²) in [6, 6.07) is -1.15. The lowest BCUT2D eigenvalue weighted by Crippen LogP contribution is -2.64. The monoisotopic (exact) mass is 371 g/mol. The zero-order valence-corrected chi connectivity index (χ0v) is 14.0. The first kappa shape index (κ1) is 20.5. The second kappa shape index (κ2) is 8.53. The van der Waals surface area contributed by atoms with Gasteiger partial charge in [0.05, 0.1) is 25.4 Å². The SMILES string of the molecule is CCOC(=S)S[C@]1(C(=O)O)C[C@H](O)[C@@H](N)[C@H]([C@H](O)[C@H](O)CO)O1. The molecule has 6 atom stereocenters. The molecule has 0 aromatic rings. The molecule has 0 radical (unpaired) electrons. The van der Waals surface area contributed by atoms with Crippen molar-refractivity contribution in [2.45, 2.75) is 48.7 Å². The van der Waals surface area contributed by atoms with Gasteiger partial charge in [0.15, 0.2) is 0 Å². The first-order valence-corrected chi connectivity index (χ1v) is 8.08. The van der Waals surface area contributed by atoms with Gasteiger partial charge < -0.3 is 40.7 Å². The van der Waals surface area contributed by atoms with Crippen LogP contribution in [0.15, 0.2) is 0 Å². The summed E-state index contributed by atoms with van der Waals surface area (Å²) in [6.45, 7) is 1.10. The number of ether oxygens (including phenoxy) is 2. The number of nitrogens with two attached hydrogens (primary N) is 1. The quantitative estimate of drug-likeness (QED) is 0.287.